The summed E-state index contributed by atoms with van der Waals surface area (Å²) in [6.45, 7) is 0. The number of alkyl halides is 3. The highest BCUT2D eigenvalue weighted by atomic mass is 32.2. The first-order valence-electron chi connectivity index (χ1n) is 5.01. The summed E-state index contributed by atoms with van der Waals surface area (Å²) in [6.07, 6.45) is -3.36. The number of imidazole rings is 1. The topological polar surface area (TPSA) is 17.8 Å². The van der Waals surface area contributed by atoms with E-state index in [0.717, 1.165) is 5.52 Å². The van der Waals surface area contributed by atoms with Crippen molar-refractivity contribution in [2.45, 2.75) is 18.5 Å². The number of fused-ring (bicyclic) bond motifs is 1. The second-order valence-electron chi connectivity index (χ2n) is 3.65. The van der Waals surface area contributed by atoms with Crippen LogP contribution in [0.1, 0.15) is 5.82 Å². The maximum absolute atomic E-state index is 12.4. The number of rotatable bonds is 3. The molecule has 2 rings (SSSR count). The Morgan fingerprint density at radius 2 is 2.00 bits per heavy atom. The maximum Gasteiger partial charge on any atom is 0.396 e. The minimum Gasteiger partial charge on any atom is -0.318 e. The van der Waals surface area contributed by atoms with E-state index in [2.05, 4.69) is 4.98 Å². The molecule has 0 aliphatic heterocycles. The van der Waals surface area contributed by atoms with Gasteiger partial charge in [-0.05, 0) is 18.4 Å². The van der Waals surface area contributed by atoms with Crippen molar-refractivity contribution in [1.29, 1.82) is 0 Å². The fraction of sp³-hybridized carbons (Fsp3) is 0.364. The molecule has 0 atom stereocenters. The van der Waals surface area contributed by atoms with Crippen molar-refractivity contribution in [3.8, 4) is 0 Å². The highest BCUT2D eigenvalue weighted by Gasteiger charge is 2.30. The lowest BCUT2D eigenvalue weighted by Gasteiger charge is -2.09. The molecule has 0 N–H and O–H groups in total. The number of para-hydroxylation sites is 2. The highest BCUT2D eigenvalue weighted by molar-refractivity contribution is 7.97. The Labute approximate surface area is 101 Å². The minimum absolute atomic E-state index is 0.0769. The summed E-state index contributed by atoms with van der Waals surface area (Å²) in [7, 11) is 0. The van der Waals surface area contributed by atoms with Crippen LogP contribution in [-0.4, -0.2) is 22.0 Å². The Kier molecular flexibility index (Phi) is 3.33. The molecular formula is C11H11F3N2S. The van der Waals surface area contributed by atoms with Gasteiger partial charge in [-0.25, -0.2) is 4.98 Å². The zero-order valence-corrected chi connectivity index (χ0v) is 9.98. The molecule has 0 spiro atoms. The second kappa shape index (κ2) is 4.60. The molecule has 0 aliphatic carbocycles. The third-order valence-corrected chi connectivity index (χ3v) is 2.87. The van der Waals surface area contributed by atoms with Crippen LogP contribution in [0.4, 0.5) is 13.2 Å². The van der Waals surface area contributed by atoms with Gasteiger partial charge >= 0.3 is 6.18 Å². The van der Waals surface area contributed by atoms with Crippen molar-refractivity contribution in [2.75, 3.05) is 6.26 Å². The molecule has 1 aromatic carbocycles. The summed E-state index contributed by atoms with van der Waals surface area (Å²) in [5.41, 5.74) is 1.36. The maximum atomic E-state index is 12.4. The molecule has 0 saturated carbocycles. The van der Waals surface area contributed by atoms with Gasteiger partial charge in [-0.2, -0.15) is 13.2 Å². The van der Waals surface area contributed by atoms with Crippen LogP contribution in [0.3, 0.4) is 0 Å². The van der Waals surface area contributed by atoms with E-state index in [1.165, 1.54) is 11.8 Å². The first-order chi connectivity index (χ1) is 8.01. The van der Waals surface area contributed by atoms with Gasteiger partial charge in [0.15, 0.2) is 0 Å². The van der Waals surface area contributed by atoms with Gasteiger partial charge in [0, 0.05) is 0 Å². The van der Waals surface area contributed by atoms with Crippen molar-refractivity contribution in [3.63, 3.8) is 0 Å². The van der Waals surface area contributed by atoms with Crippen LogP contribution < -0.4 is 0 Å². The van der Waals surface area contributed by atoms with Crippen LogP contribution in [0, 0.1) is 0 Å². The first kappa shape index (κ1) is 12.3. The molecule has 92 valence electrons. The van der Waals surface area contributed by atoms with E-state index in [4.69, 9.17) is 0 Å². The first-order valence-corrected chi connectivity index (χ1v) is 6.40. The zero-order chi connectivity index (χ0) is 12.5. The monoisotopic (exact) mass is 260 g/mol. The predicted molar refractivity (Wildman–Crippen MR) is 63.0 cm³/mol. The number of hydrogen-bond donors (Lipinski definition) is 0. The van der Waals surface area contributed by atoms with E-state index in [1.807, 2.05) is 6.26 Å². The van der Waals surface area contributed by atoms with E-state index < -0.39 is 12.6 Å². The fourth-order valence-corrected chi connectivity index (χ4v) is 2.26. The lowest BCUT2D eigenvalue weighted by atomic mass is 10.3. The van der Waals surface area contributed by atoms with E-state index in [9.17, 15) is 13.2 Å². The Balaban J connectivity index is 2.49. The molecule has 0 saturated heterocycles. The molecule has 6 heteroatoms. The molecule has 1 aromatic heterocycles. The van der Waals surface area contributed by atoms with Gasteiger partial charge in [-0.3, -0.25) is 0 Å². The average Bonchev–Trinajstić information content (AvgIpc) is 2.55. The largest absolute Gasteiger partial charge is 0.396 e. The lowest BCUT2D eigenvalue weighted by molar-refractivity contribution is -0.128. The molecule has 0 radical (unpaired) electrons. The minimum atomic E-state index is -4.22. The van der Waals surface area contributed by atoms with Gasteiger partial charge in [0.2, 0.25) is 0 Å². The number of halogens is 3. The zero-order valence-electron chi connectivity index (χ0n) is 9.16. The third kappa shape index (κ3) is 2.74. The van der Waals surface area contributed by atoms with Crippen LogP contribution in [0.2, 0.25) is 0 Å². The molecule has 1 heterocycles. The molecule has 0 unspecified atom stereocenters. The van der Waals surface area contributed by atoms with Gasteiger partial charge < -0.3 is 4.57 Å². The average molecular weight is 260 g/mol. The van der Waals surface area contributed by atoms with Crippen molar-refractivity contribution >= 4 is 22.8 Å². The molecule has 0 amide bonds. The quantitative estimate of drug-likeness (QED) is 0.841. The van der Waals surface area contributed by atoms with E-state index in [-0.39, 0.29) is 5.82 Å². The van der Waals surface area contributed by atoms with E-state index in [1.54, 1.807) is 28.8 Å². The summed E-state index contributed by atoms with van der Waals surface area (Å²) in [4.78, 5) is 4.05. The highest BCUT2D eigenvalue weighted by Crippen LogP contribution is 2.25. The Bertz CT molecular complexity index is 519. The van der Waals surface area contributed by atoms with Crippen LogP contribution in [-0.2, 0) is 12.3 Å². The van der Waals surface area contributed by atoms with Gasteiger partial charge in [0.05, 0.1) is 16.9 Å². The lowest BCUT2D eigenvalue weighted by Crippen LogP contribution is -2.16. The molecule has 0 fully saturated rings. The number of thioether (sulfide) groups is 1. The SMILES string of the molecule is CSCn1c(CC(F)(F)F)nc2ccccc21. The smallest absolute Gasteiger partial charge is 0.318 e. The number of aromatic nitrogens is 2. The third-order valence-electron chi connectivity index (χ3n) is 2.35. The van der Waals surface area contributed by atoms with Gasteiger partial charge in [0.25, 0.3) is 0 Å². The molecule has 2 nitrogen and oxygen atoms in total. The molecule has 0 aliphatic rings. The summed E-state index contributed by atoms with van der Waals surface area (Å²) >= 11 is 1.47. The van der Waals surface area contributed by atoms with Crippen molar-refractivity contribution in [3.05, 3.63) is 30.1 Å². The van der Waals surface area contributed by atoms with E-state index >= 15 is 0 Å². The number of benzene rings is 1. The summed E-state index contributed by atoms with van der Waals surface area (Å²) in [5, 5.41) is 0. The summed E-state index contributed by atoms with van der Waals surface area (Å²) in [6, 6.07) is 7.10. The van der Waals surface area contributed by atoms with E-state index in [0.29, 0.717) is 11.4 Å². The normalized spacial score (nSPS) is 12.2. The Hall–Kier alpha value is -1.17. The number of hydrogen-bond acceptors (Lipinski definition) is 2. The van der Waals surface area contributed by atoms with Crippen molar-refractivity contribution < 1.29 is 13.2 Å². The molecule has 2 aromatic rings. The Morgan fingerprint density at radius 1 is 1.29 bits per heavy atom. The standard InChI is InChI=1S/C11H11F3N2S/c1-17-7-16-9-5-3-2-4-8(9)15-10(16)6-11(12,13)14/h2-5H,6-7H2,1H3. The van der Waals surface area contributed by atoms with Crippen LogP contribution in [0.15, 0.2) is 24.3 Å². The van der Waals surface area contributed by atoms with Gasteiger partial charge in [-0.1, -0.05) is 12.1 Å². The van der Waals surface area contributed by atoms with Gasteiger partial charge in [-0.15, -0.1) is 11.8 Å². The fourth-order valence-electron chi connectivity index (χ4n) is 1.71. The molecule has 0 bridgehead atoms. The summed E-state index contributed by atoms with van der Waals surface area (Å²) < 4.78 is 38.9. The Morgan fingerprint density at radius 3 is 2.65 bits per heavy atom. The van der Waals surface area contributed by atoms with Crippen LogP contribution in [0.5, 0.6) is 0 Å². The van der Waals surface area contributed by atoms with Gasteiger partial charge in [0.1, 0.15) is 12.2 Å². The van der Waals surface area contributed by atoms with Crippen molar-refractivity contribution in [2.24, 2.45) is 0 Å². The predicted octanol–water partition coefficient (Wildman–Crippen LogP) is 3.46. The number of nitrogens with zero attached hydrogens (tertiary/aromatic N) is 2. The summed E-state index contributed by atoms with van der Waals surface area (Å²) in [5.74, 6) is 0.555. The molecular weight excluding hydrogens is 249 g/mol. The van der Waals surface area contributed by atoms with Crippen LogP contribution in [0.25, 0.3) is 11.0 Å². The second-order valence-corrected chi connectivity index (χ2v) is 4.49. The van der Waals surface area contributed by atoms with Crippen LogP contribution >= 0.6 is 11.8 Å². The van der Waals surface area contributed by atoms with Crippen molar-refractivity contribution in [1.82, 2.24) is 9.55 Å². The molecule has 17 heavy (non-hydrogen) atoms.